The molecule has 2 N–H and O–H groups in total. The highest BCUT2D eigenvalue weighted by Gasteiger charge is 2.16. The number of methoxy groups -OCH3 is 2. The molecule has 0 saturated heterocycles. The lowest BCUT2D eigenvalue weighted by molar-refractivity contribution is -0.136. The number of hydrogen-bond acceptors (Lipinski definition) is 5. The Hall–Kier alpha value is -2.57. The minimum Gasteiger partial charge on any atom is -0.497 e. The van der Waals surface area contributed by atoms with Gasteiger partial charge in [0.15, 0.2) is 0 Å². The second-order valence-electron chi connectivity index (χ2n) is 5.91. The van der Waals surface area contributed by atoms with Crippen LogP contribution in [0.25, 0.3) is 0 Å². The van der Waals surface area contributed by atoms with Gasteiger partial charge in [0.25, 0.3) is 0 Å². The molecule has 0 aliphatic heterocycles. The Balaban J connectivity index is 1.97. The second kappa shape index (κ2) is 9.66. The number of benzene rings is 1. The van der Waals surface area contributed by atoms with Gasteiger partial charge in [0.2, 0.25) is 0 Å². The molecule has 0 atom stereocenters. The summed E-state index contributed by atoms with van der Waals surface area (Å²) in [5.74, 6) is -0.624. The van der Waals surface area contributed by atoms with E-state index in [0.717, 1.165) is 31.4 Å². The molecule has 1 aromatic carbocycles. The Morgan fingerprint density at radius 2 is 1.64 bits per heavy atom. The minimum absolute atomic E-state index is 0.362. The van der Waals surface area contributed by atoms with Crippen molar-refractivity contribution in [1.82, 2.24) is 5.43 Å². The average molecular weight is 347 g/mol. The van der Waals surface area contributed by atoms with Crippen molar-refractivity contribution < 1.29 is 19.1 Å². The fourth-order valence-electron chi connectivity index (χ4n) is 2.70. The third-order valence-electron chi connectivity index (χ3n) is 4.11. The van der Waals surface area contributed by atoms with Crippen molar-refractivity contribution in [2.24, 2.45) is 5.10 Å². The predicted molar refractivity (Wildman–Crippen MR) is 96.1 cm³/mol. The molecule has 2 rings (SSSR count). The van der Waals surface area contributed by atoms with E-state index in [1.807, 2.05) is 0 Å². The molecule has 1 aliphatic rings. The predicted octanol–water partition coefficient (Wildman–Crippen LogP) is 2.86. The Bertz CT molecular complexity index is 633. The van der Waals surface area contributed by atoms with Gasteiger partial charge in [-0.15, -0.1) is 0 Å². The number of nitrogens with zero attached hydrogens (tertiary/aromatic N) is 1. The number of nitrogens with one attached hydrogen (secondary N) is 2. The molecule has 2 amide bonds. The van der Waals surface area contributed by atoms with Gasteiger partial charge in [0, 0.05) is 11.8 Å². The van der Waals surface area contributed by atoms with Gasteiger partial charge in [-0.3, -0.25) is 9.59 Å². The van der Waals surface area contributed by atoms with E-state index >= 15 is 0 Å². The lowest BCUT2D eigenvalue weighted by Gasteiger charge is -2.12. The first-order valence-electron chi connectivity index (χ1n) is 8.53. The first-order valence-corrected chi connectivity index (χ1v) is 8.53. The molecule has 0 spiro atoms. The molecule has 7 nitrogen and oxygen atoms in total. The molecule has 0 unspecified atom stereocenters. The zero-order valence-electron chi connectivity index (χ0n) is 14.8. The van der Waals surface area contributed by atoms with Crippen LogP contribution in [0, 0.1) is 0 Å². The number of anilines is 1. The highest BCUT2D eigenvalue weighted by molar-refractivity contribution is 6.39. The summed E-state index contributed by atoms with van der Waals surface area (Å²) < 4.78 is 10.3. The zero-order valence-corrected chi connectivity index (χ0v) is 14.8. The molecule has 0 heterocycles. The summed E-state index contributed by atoms with van der Waals surface area (Å²) in [5.41, 5.74) is 3.66. The molecule has 1 aliphatic carbocycles. The maximum atomic E-state index is 12.1. The molecular formula is C18H25N3O4. The van der Waals surface area contributed by atoms with Crippen molar-refractivity contribution >= 4 is 23.2 Å². The molecule has 25 heavy (non-hydrogen) atoms. The van der Waals surface area contributed by atoms with Crippen LogP contribution in [0.3, 0.4) is 0 Å². The van der Waals surface area contributed by atoms with Crippen LogP contribution in [-0.2, 0) is 9.59 Å². The number of hydrogen-bond donors (Lipinski definition) is 2. The van der Waals surface area contributed by atoms with E-state index in [-0.39, 0.29) is 0 Å². The number of rotatable bonds is 4. The van der Waals surface area contributed by atoms with Crippen molar-refractivity contribution in [3.05, 3.63) is 18.2 Å². The number of carbonyl (C=O) groups excluding carboxylic acids is 2. The Morgan fingerprint density at radius 1 is 0.960 bits per heavy atom. The van der Waals surface area contributed by atoms with Gasteiger partial charge < -0.3 is 14.8 Å². The van der Waals surface area contributed by atoms with Gasteiger partial charge in [-0.1, -0.05) is 19.3 Å². The molecule has 136 valence electrons. The molecule has 0 radical (unpaired) electrons. The second-order valence-corrected chi connectivity index (χ2v) is 5.91. The minimum atomic E-state index is -0.806. The van der Waals surface area contributed by atoms with E-state index in [1.54, 1.807) is 18.2 Å². The van der Waals surface area contributed by atoms with Crippen LogP contribution in [-0.4, -0.2) is 31.7 Å². The van der Waals surface area contributed by atoms with E-state index in [4.69, 9.17) is 9.47 Å². The van der Waals surface area contributed by atoms with Crippen molar-refractivity contribution in [1.29, 1.82) is 0 Å². The lowest BCUT2D eigenvalue weighted by Crippen LogP contribution is -2.33. The zero-order chi connectivity index (χ0) is 18.1. The van der Waals surface area contributed by atoms with Crippen LogP contribution in [0.5, 0.6) is 11.5 Å². The van der Waals surface area contributed by atoms with Crippen LogP contribution in [0.4, 0.5) is 5.69 Å². The van der Waals surface area contributed by atoms with E-state index in [1.165, 1.54) is 33.5 Å². The highest BCUT2D eigenvalue weighted by atomic mass is 16.5. The first-order chi connectivity index (χ1) is 12.1. The van der Waals surface area contributed by atoms with Crippen LogP contribution in [0.2, 0.25) is 0 Å². The number of ether oxygens (including phenoxy) is 2. The maximum Gasteiger partial charge on any atom is 0.329 e. The van der Waals surface area contributed by atoms with Crippen LogP contribution in [0.15, 0.2) is 23.3 Å². The van der Waals surface area contributed by atoms with Gasteiger partial charge in [0.1, 0.15) is 11.5 Å². The monoisotopic (exact) mass is 347 g/mol. The normalized spacial score (nSPS) is 14.7. The highest BCUT2D eigenvalue weighted by Crippen LogP contribution is 2.28. The number of amides is 2. The topological polar surface area (TPSA) is 89.0 Å². The third kappa shape index (κ3) is 5.77. The molecule has 7 heteroatoms. The first kappa shape index (κ1) is 18.8. The van der Waals surface area contributed by atoms with Crippen LogP contribution >= 0.6 is 0 Å². The van der Waals surface area contributed by atoms with Gasteiger partial charge >= 0.3 is 11.8 Å². The molecule has 0 aromatic heterocycles. The standard InChI is InChI=1S/C18H25N3O4/c1-24-14-10-11-16(25-2)15(12-14)19-17(22)18(23)21-20-13-8-6-4-3-5-7-9-13/h10-12H,3-9H2,1-2H3,(H,19,22)(H,21,23). The Morgan fingerprint density at radius 3 is 2.28 bits per heavy atom. The molecule has 1 fully saturated rings. The van der Waals surface area contributed by atoms with E-state index in [0.29, 0.717) is 17.2 Å². The van der Waals surface area contributed by atoms with Gasteiger partial charge in [0.05, 0.1) is 19.9 Å². The van der Waals surface area contributed by atoms with E-state index < -0.39 is 11.8 Å². The smallest absolute Gasteiger partial charge is 0.329 e. The molecule has 1 saturated carbocycles. The average Bonchev–Trinajstić information content (AvgIpc) is 2.60. The summed E-state index contributed by atoms with van der Waals surface area (Å²) in [4.78, 5) is 24.1. The summed E-state index contributed by atoms with van der Waals surface area (Å²) in [5, 5.41) is 6.64. The van der Waals surface area contributed by atoms with Gasteiger partial charge in [-0.2, -0.15) is 5.10 Å². The SMILES string of the molecule is COc1ccc(OC)c(NC(=O)C(=O)NN=C2CCCCCCC2)c1. The van der Waals surface area contributed by atoms with Crippen LogP contribution in [0.1, 0.15) is 44.9 Å². The Kier molecular flexibility index (Phi) is 7.25. The van der Waals surface area contributed by atoms with E-state index in [9.17, 15) is 9.59 Å². The van der Waals surface area contributed by atoms with Crippen molar-refractivity contribution in [3.8, 4) is 11.5 Å². The van der Waals surface area contributed by atoms with Crippen molar-refractivity contribution in [2.45, 2.75) is 44.9 Å². The Labute approximate surface area is 147 Å². The fourth-order valence-corrected chi connectivity index (χ4v) is 2.70. The maximum absolute atomic E-state index is 12.1. The summed E-state index contributed by atoms with van der Waals surface area (Å²) in [6.45, 7) is 0. The molecular weight excluding hydrogens is 322 g/mol. The summed E-state index contributed by atoms with van der Waals surface area (Å²) in [7, 11) is 3.00. The quantitative estimate of drug-likeness (QED) is 0.647. The third-order valence-corrected chi connectivity index (χ3v) is 4.11. The van der Waals surface area contributed by atoms with Crippen molar-refractivity contribution in [2.75, 3.05) is 19.5 Å². The van der Waals surface area contributed by atoms with Crippen molar-refractivity contribution in [3.63, 3.8) is 0 Å². The summed E-state index contributed by atoms with van der Waals surface area (Å²) >= 11 is 0. The lowest BCUT2D eigenvalue weighted by atomic mass is 9.99. The fraction of sp³-hybridized carbons (Fsp3) is 0.500. The summed E-state index contributed by atoms with van der Waals surface area (Å²) in [6, 6.07) is 4.95. The number of carbonyl (C=O) groups is 2. The van der Waals surface area contributed by atoms with Gasteiger partial charge in [-0.05, 0) is 37.8 Å². The van der Waals surface area contributed by atoms with E-state index in [2.05, 4.69) is 15.8 Å². The molecule has 0 bridgehead atoms. The largest absolute Gasteiger partial charge is 0.497 e. The number of hydrazone groups is 1. The molecule has 1 aromatic rings. The van der Waals surface area contributed by atoms with Crippen LogP contribution < -0.4 is 20.2 Å². The van der Waals surface area contributed by atoms with Gasteiger partial charge in [-0.25, -0.2) is 5.43 Å². The summed E-state index contributed by atoms with van der Waals surface area (Å²) in [6.07, 6.45) is 7.50.